The second-order valence-corrected chi connectivity index (χ2v) is 3.24. The Morgan fingerprint density at radius 1 is 1.46 bits per heavy atom. The van der Waals surface area contributed by atoms with Crippen LogP contribution in [0.1, 0.15) is 12.0 Å². The molecule has 0 unspecified atom stereocenters. The van der Waals surface area contributed by atoms with Crippen LogP contribution in [0.4, 0.5) is 5.69 Å². The molecule has 0 bridgehead atoms. The second kappa shape index (κ2) is 5.70. The third-order valence-electron chi connectivity index (χ3n) is 1.78. The molecule has 2 heteroatoms. The van der Waals surface area contributed by atoms with Crippen molar-refractivity contribution in [2.75, 3.05) is 18.1 Å². The van der Waals surface area contributed by atoms with Crippen molar-refractivity contribution in [1.82, 2.24) is 0 Å². The Kier molecular flexibility index (Phi) is 4.47. The molecule has 0 saturated carbocycles. The van der Waals surface area contributed by atoms with Gasteiger partial charge in [0.15, 0.2) is 0 Å². The van der Waals surface area contributed by atoms with Crippen LogP contribution >= 0.6 is 12.6 Å². The summed E-state index contributed by atoms with van der Waals surface area (Å²) in [5.41, 5.74) is 2.38. The molecule has 0 spiro atoms. The largest absolute Gasteiger partial charge is 0.388 e. The fourth-order valence-corrected chi connectivity index (χ4v) is 1.24. The zero-order valence-corrected chi connectivity index (χ0v) is 8.72. The number of anilines is 1. The van der Waals surface area contributed by atoms with E-state index in [1.54, 1.807) is 0 Å². The molecular formula is C11H15NS. The zero-order chi connectivity index (χ0) is 9.52. The molecule has 1 N–H and O–H groups in total. The first-order chi connectivity index (χ1) is 6.36. The Balaban J connectivity index is 2.66. The van der Waals surface area contributed by atoms with Gasteiger partial charge in [-0.2, -0.15) is 12.6 Å². The number of rotatable bonds is 4. The highest BCUT2D eigenvalue weighted by atomic mass is 32.1. The van der Waals surface area contributed by atoms with Gasteiger partial charge >= 0.3 is 0 Å². The van der Waals surface area contributed by atoms with Crippen LogP contribution in [0.15, 0.2) is 30.3 Å². The van der Waals surface area contributed by atoms with E-state index in [0.29, 0.717) is 0 Å². The standard InChI is InChI=1S/C11H15NS/c1-12-11-7-4-6-10(9-11)5-2-3-8-13/h2,4-7,9,12-13H,3,8H2,1H3. The average Bonchev–Trinajstić information content (AvgIpc) is 2.19. The number of allylic oxidation sites excluding steroid dienone is 1. The number of thiol groups is 1. The minimum Gasteiger partial charge on any atom is -0.388 e. The maximum Gasteiger partial charge on any atom is 0.0343 e. The molecule has 0 amide bonds. The van der Waals surface area contributed by atoms with E-state index >= 15 is 0 Å². The molecule has 13 heavy (non-hydrogen) atoms. The lowest BCUT2D eigenvalue weighted by molar-refractivity contribution is 1.26. The van der Waals surface area contributed by atoms with E-state index in [-0.39, 0.29) is 0 Å². The monoisotopic (exact) mass is 193 g/mol. The van der Waals surface area contributed by atoms with Crippen molar-refractivity contribution in [3.8, 4) is 0 Å². The van der Waals surface area contributed by atoms with E-state index in [4.69, 9.17) is 0 Å². The van der Waals surface area contributed by atoms with Gasteiger partial charge in [0.05, 0.1) is 0 Å². The zero-order valence-electron chi connectivity index (χ0n) is 7.83. The highest BCUT2D eigenvalue weighted by Gasteiger charge is 1.88. The smallest absolute Gasteiger partial charge is 0.0343 e. The molecule has 1 nitrogen and oxygen atoms in total. The number of hydrogen-bond acceptors (Lipinski definition) is 2. The van der Waals surface area contributed by atoms with Gasteiger partial charge in [-0.3, -0.25) is 0 Å². The topological polar surface area (TPSA) is 12.0 Å². The molecule has 0 aliphatic carbocycles. The Bertz CT molecular complexity index is 281. The predicted molar refractivity (Wildman–Crippen MR) is 63.5 cm³/mol. The lowest BCUT2D eigenvalue weighted by Gasteiger charge is -2.00. The first-order valence-electron chi connectivity index (χ1n) is 4.42. The summed E-state index contributed by atoms with van der Waals surface area (Å²) in [5.74, 6) is 0.905. The van der Waals surface area contributed by atoms with Crippen LogP contribution in [0.25, 0.3) is 6.08 Å². The molecule has 70 valence electrons. The minimum absolute atomic E-state index is 0.905. The van der Waals surface area contributed by atoms with E-state index < -0.39 is 0 Å². The van der Waals surface area contributed by atoms with Crippen molar-refractivity contribution in [1.29, 1.82) is 0 Å². The van der Waals surface area contributed by atoms with E-state index in [9.17, 15) is 0 Å². The van der Waals surface area contributed by atoms with E-state index in [1.807, 2.05) is 13.1 Å². The lowest BCUT2D eigenvalue weighted by Crippen LogP contribution is -1.86. The molecule has 0 aliphatic heterocycles. The molecule has 1 aromatic rings. The summed E-state index contributed by atoms with van der Waals surface area (Å²) < 4.78 is 0. The van der Waals surface area contributed by atoms with Crippen LogP contribution in [-0.4, -0.2) is 12.8 Å². The van der Waals surface area contributed by atoms with Crippen LogP contribution in [-0.2, 0) is 0 Å². The first kappa shape index (κ1) is 10.2. The summed E-state index contributed by atoms with van der Waals surface area (Å²) >= 11 is 4.14. The van der Waals surface area contributed by atoms with E-state index in [2.05, 4.69) is 48.3 Å². The van der Waals surface area contributed by atoms with Crippen LogP contribution in [0.2, 0.25) is 0 Å². The summed E-state index contributed by atoms with van der Waals surface area (Å²) in [7, 11) is 1.93. The Morgan fingerprint density at radius 3 is 3.00 bits per heavy atom. The molecule has 0 radical (unpaired) electrons. The highest BCUT2D eigenvalue weighted by molar-refractivity contribution is 7.80. The van der Waals surface area contributed by atoms with Crippen LogP contribution in [0.3, 0.4) is 0 Å². The van der Waals surface area contributed by atoms with Gasteiger partial charge < -0.3 is 5.32 Å². The van der Waals surface area contributed by atoms with Gasteiger partial charge in [0, 0.05) is 12.7 Å². The normalized spacial score (nSPS) is 10.6. The maximum absolute atomic E-state index is 4.14. The Morgan fingerprint density at radius 2 is 2.31 bits per heavy atom. The van der Waals surface area contributed by atoms with Crippen molar-refractivity contribution in [2.45, 2.75) is 6.42 Å². The Hall–Kier alpha value is -0.890. The van der Waals surface area contributed by atoms with Gasteiger partial charge in [-0.05, 0) is 29.9 Å². The molecule has 0 aromatic heterocycles. The van der Waals surface area contributed by atoms with Crippen molar-refractivity contribution in [2.24, 2.45) is 0 Å². The SMILES string of the molecule is CNc1cccc(C=CCCS)c1. The summed E-state index contributed by atoms with van der Waals surface area (Å²) in [4.78, 5) is 0. The summed E-state index contributed by atoms with van der Waals surface area (Å²) in [6.07, 6.45) is 5.28. The summed E-state index contributed by atoms with van der Waals surface area (Å²) in [6.45, 7) is 0. The van der Waals surface area contributed by atoms with Gasteiger partial charge in [-0.1, -0.05) is 24.3 Å². The average molecular weight is 193 g/mol. The fraction of sp³-hybridized carbons (Fsp3) is 0.273. The second-order valence-electron chi connectivity index (χ2n) is 2.79. The van der Waals surface area contributed by atoms with Crippen LogP contribution < -0.4 is 5.32 Å². The van der Waals surface area contributed by atoms with Crippen molar-refractivity contribution < 1.29 is 0 Å². The van der Waals surface area contributed by atoms with Gasteiger partial charge in [0.25, 0.3) is 0 Å². The fourth-order valence-electron chi connectivity index (χ4n) is 1.09. The Labute approximate surface area is 85.3 Å². The third-order valence-corrected chi connectivity index (χ3v) is 2.04. The molecule has 0 fully saturated rings. The molecular weight excluding hydrogens is 178 g/mol. The quantitative estimate of drug-likeness (QED) is 0.700. The van der Waals surface area contributed by atoms with Gasteiger partial charge in [0.2, 0.25) is 0 Å². The van der Waals surface area contributed by atoms with Gasteiger partial charge in [0.1, 0.15) is 0 Å². The lowest BCUT2D eigenvalue weighted by atomic mass is 10.2. The number of hydrogen-bond donors (Lipinski definition) is 2. The molecule has 1 aromatic carbocycles. The van der Waals surface area contributed by atoms with Gasteiger partial charge in [-0.15, -0.1) is 0 Å². The molecule has 0 aliphatic rings. The summed E-state index contributed by atoms with van der Waals surface area (Å²) in [6, 6.07) is 8.31. The minimum atomic E-state index is 0.905. The highest BCUT2D eigenvalue weighted by Crippen LogP contribution is 2.11. The predicted octanol–water partition coefficient (Wildman–Crippen LogP) is 3.06. The van der Waals surface area contributed by atoms with Crippen molar-refractivity contribution in [3.05, 3.63) is 35.9 Å². The van der Waals surface area contributed by atoms with Crippen molar-refractivity contribution in [3.63, 3.8) is 0 Å². The first-order valence-corrected chi connectivity index (χ1v) is 5.05. The van der Waals surface area contributed by atoms with Crippen LogP contribution in [0, 0.1) is 0 Å². The van der Waals surface area contributed by atoms with E-state index in [1.165, 1.54) is 5.56 Å². The number of benzene rings is 1. The van der Waals surface area contributed by atoms with E-state index in [0.717, 1.165) is 17.9 Å². The maximum atomic E-state index is 4.14. The third kappa shape index (κ3) is 3.55. The molecule has 1 rings (SSSR count). The molecule has 0 heterocycles. The summed E-state index contributed by atoms with van der Waals surface area (Å²) in [5, 5.41) is 3.11. The van der Waals surface area contributed by atoms with Crippen molar-refractivity contribution >= 4 is 24.4 Å². The number of nitrogens with one attached hydrogen (secondary N) is 1. The van der Waals surface area contributed by atoms with Crippen LogP contribution in [0.5, 0.6) is 0 Å². The van der Waals surface area contributed by atoms with Gasteiger partial charge in [-0.25, -0.2) is 0 Å². The molecule has 0 atom stereocenters. The molecule has 0 saturated heterocycles.